The van der Waals surface area contributed by atoms with Crippen LogP contribution in [-0.4, -0.2) is 11.5 Å². The zero-order valence-electron chi connectivity index (χ0n) is 10.2. The number of aromatic nitrogens is 1. The number of benzene rings is 1. The van der Waals surface area contributed by atoms with Gasteiger partial charge in [-0.05, 0) is 41.5 Å². The number of oxazole rings is 1. The monoisotopic (exact) mass is 312 g/mol. The van der Waals surface area contributed by atoms with E-state index in [9.17, 15) is 4.39 Å². The average Bonchev–Trinajstić information content (AvgIpc) is 2.78. The van der Waals surface area contributed by atoms with Gasteiger partial charge >= 0.3 is 0 Å². The molecule has 96 valence electrons. The summed E-state index contributed by atoms with van der Waals surface area (Å²) in [7, 11) is 0. The van der Waals surface area contributed by atoms with Crippen LogP contribution in [0, 0.1) is 5.82 Å². The standard InChI is InChI=1S/C13H14BrFN2O/c1-3-16-8(2)13-17-7-11(18-13)12-9(14)5-4-6-10(12)15/h4-8,16H,3H2,1-2H3. The van der Waals surface area contributed by atoms with Gasteiger partial charge in [0.2, 0.25) is 5.89 Å². The molecule has 0 saturated carbocycles. The normalized spacial score (nSPS) is 12.7. The molecular formula is C13H14BrFN2O. The zero-order valence-corrected chi connectivity index (χ0v) is 11.8. The van der Waals surface area contributed by atoms with Crippen LogP contribution in [0.3, 0.4) is 0 Å². The topological polar surface area (TPSA) is 38.1 Å². The molecular weight excluding hydrogens is 299 g/mol. The maximum absolute atomic E-state index is 13.8. The lowest BCUT2D eigenvalue weighted by Gasteiger charge is -2.07. The van der Waals surface area contributed by atoms with Gasteiger partial charge in [-0.3, -0.25) is 0 Å². The molecule has 0 amide bonds. The van der Waals surface area contributed by atoms with E-state index in [-0.39, 0.29) is 11.9 Å². The van der Waals surface area contributed by atoms with Crippen molar-refractivity contribution in [2.75, 3.05) is 6.54 Å². The number of hydrogen-bond donors (Lipinski definition) is 1. The molecule has 1 aromatic carbocycles. The second-order valence-electron chi connectivity index (χ2n) is 3.94. The van der Waals surface area contributed by atoms with Gasteiger partial charge in [0.05, 0.1) is 17.8 Å². The van der Waals surface area contributed by atoms with Gasteiger partial charge < -0.3 is 9.73 Å². The Morgan fingerprint density at radius 3 is 2.94 bits per heavy atom. The van der Waals surface area contributed by atoms with Crippen LogP contribution in [0.2, 0.25) is 0 Å². The molecule has 0 spiro atoms. The molecule has 1 heterocycles. The van der Waals surface area contributed by atoms with Gasteiger partial charge in [-0.15, -0.1) is 0 Å². The first kappa shape index (κ1) is 13.2. The van der Waals surface area contributed by atoms with Crippen LogP contribution in [0.4, 0.5) is 4.39 Å². The molecule has 18 heavy (non-hydrogen) atoms. The number of nitrogens with zero attached hydrogens (tertiary/aromatic N) is 1. The van der Waals surface area contributed by atoms with E-state index < -0.39 is 0 Å². The molecule has 1 unspecified atom stereocenters. The highest BCUT2D eigenvalue weighted by Crippen LogP contribution is 2.32. The molecule has 0 aliphatic rings. The van der Waals surface area contributed by atoms with Crippen molar-refractivity contribution in [3.63, 3.8) is 0 Å². The van der Waals surface area contributed by atoms with Crippen molar-refractivity contribution in [2.24, 2.45) is 0 Å². The van der Waals surface area contributed by atoms with E-state index >= 15 is 0 Å². The lowest BCUT2D eigenvalue weighted by molar-refractivity contribution is 0.427. The van der Waals surface area contributed by atoms with E-state index in [4.69, 9.17) is 4.42 Å². The summed E-state index contributed by atoms with van der Waals surface area (Å²) in [6, 6.07) is 4.82. The van der Waals surface area contributed by atoms with Crippen LogP contribution in [0.5, 0.6) is 0 Å². The second kappa shape index (κ2) is 5.63. The molecule has 0 radical (unpaired) electrons. The lowest BCUT2D eigenvalue weighted by Crippen LogP contribution is -2.17. The molecule has 0 aliphatic heterocycles. The highest BCUT2D eigenvalue weighted by atomic mass is 79.9. The van der Waals surface area contributed by atoms with Gasteiger partial charge in [0.15, 0.2) is 5.76 Å². The third-order valence-electron chi connectivity index (χ3n) is 2.61. The summed E-state index contributed by atoms with van der Waals surface area (Å²) < 4.78 is 20.0. The molecule has 5 heteroatoms. The minimum absolute atomic E-state index is 0.00861. The van der Waals surface area contributed by atoms with Crippen molar-refractivity contribution < 1.29 is 8.81 Å². The zero-order chi connectivity index (χ0) is 13.1. The molecule has 1 atom stereocenters. The first-order valence-corrected chi connectivity index (χ1v) is 6.56. The van der Waals surface area contributed by atoms with E-state index in [1.54, 1.807) is 18.3 Å². The highest BCUT2D eigenvalue weighted by molar-refractivity contribution is 9.10. The minimum Gasteiger partial charge on any atom is -0.439 e. The quantitative estimate of drug-likeness (QED) is 0.930. The molecule has 2 rings (SSSR count). The fourth-order valence-electron chi connectivity index (χ4n) is 1.73. The van der Waals surface area contributed by atoms with Crippen LogP contribution in [0.15, 0.2) is 33.3 Å². The Bertz CT molecular complexity index is 521. The van der Waals surface area contributed by atoms with E-state index in [0.29, 0.717) is 21.7 Å². The van der Waals surface area contributed by atoms with Crippen LogP contribution in [0.1, 0.15) is 25.8 Å². The van der Waals surface area contributed by atoms with Crippen LogP contribution in [0.25, 0.3) is 11.3 Å². The lowest BCUT2D eigenvalue weighted by atomic mass is 10.2. The Labute approximate surface area is 114 Å². The first-order chi connectivity index (χ1) is 8.63. The maximum Gasteiger partial charge on any atom is 0.211 e. The maximum atomic E-state index is 13.8. The largest absolute Gasteiger partial charge is 0.439 e. The Balaban J connectivity index is 2.35. The van der Waals surface area contributed by atoms with Crippen molar-refractivity contribution in [3.05, 3.63) is 40.6 Å². The Morgan fingerprint density at radius 1 is 1.50 bits per heavy atom. The SMILES string of the molecule is CCNC(C)c1ncc(-c2c(F)cccc2Br)o1. The Hall–Kier alpha value is -1.20. The van der Waals surface area contributed by atoms with Crippen molar-refractivity contribution >= 4 is 15.9 Å². The first-order valence-electron chi connectivity index (χ1n) is 5.77. The van der Waals surface area contributed by atoms with E-state index in [2.05, 4.69) is 26.2 Å². The van der Waals surface area contributed by atoms with Crippen LogP contribution in [-0.2, 0) is 0 Å². The summed E-state index contributed by atoms with van der Waals surface area (Å²) in [6.45, 7) is 4.78. The van der Waals surface area contributed by atoms with Gasteiger partial charge in [-0.1, -0.05) is 13.0 Å². The molecule has 1 N–H and O–H groups in total. The van der Waals surface area contributed by atoms with Gasteiger partial charge in [0.1, 0.15) is 5.82 Å². The Morgan fingerprint density at radius 2 is 2.28 bits per heavy atom. The summed E-state index contributed by atoms with van der Waals surface area (Å²) in [5.74, 6) is 0.657. The third kappa shape index (κ3) is 2.62. The number of halogens is 2. The second-order valence-corrected chi connectivity index (χ2v) is 4.79. The number of hydrogen-bond acceptors (Lipinski definition) is 3. The summed E-state index contributed by atoms with van der Waals surface area (Å²) in [4.78, 5) is 4.18. The van der Waals surface area contributed by atoms with Crippen molar-refractivity contribution in [1.29, 1.82) is 0 Å². The molecule has 1 aromatic heterocycles. The van der Waals surface area contributed by atoms with E-state index in [1.165, 1.54) is 6.07 Å². The molecule has 0 bridgehead atoms. The van der Waals surface area contributed by atoms with Crippen molar-refractivity contribution in [2.45, 2.75) is 19.9 Å². The summed E-state index contributed by atoms with van der Waals surface area (Å²) in [5.41, 5.74) is 0.403. The van der Waals surface area contributed by atoms with Crippen molar-refractivity contribution in [3.8, 4) is 11.3 Å². The van der Waals surface area contributed by atoms with Crippen LogP contribution < -0.4 is 5.32 Å². The summed E-state index contributed by atoms with van der Waals surface area (Å²) >= 11 is 3.32. The van der Waals surface area contributed by atoms with Crippen LogP contribution >= 0.6 is 15.9 Å². The smallest absolute Gasteiger partial charge is 0.211 e. The van der Waals surface area contributed by atoms with E-state index in [1.807, 2.05) is 13.8 Å². The number of nitrogens with one attached hydrogen (secondary N) is 1. The molecule has 0 aliphatic carbocycles. The van der Waals surface area contributed by atoms with Gasteiger partial charge in [-0.2, -0.15) is 0 Å². The van der Waals surface area contributed by atoms with Gasteiger partial charge in [0.25, 0.3) is 0 Å². The Kier molecular flexibility index (Phi) is 4.14. The predicted molar refractivity (Wildman–Crippen MR) is 71.7 cm³/mol. The van der Waals surface area contributed by atoms with E-state index in [0.717, 1.165) is 6.54 Å². The average molecular weight is 313 g/mol. The predicted octanol–water partition coefficient (Wildman–Crippen LogP) is 3.91. The van der Waals surface area contributed by atoms with Crippen molar-refractivity contribution in [1.82, 2.24) is 10.3 Å². The highest BCUT2D eigenvalue weighted by Gasteiger charge is 2.16. The molecule has 3 nitrogen and oxygen atoms in total. The number of rotatable bonds is 4. The molecule has 0 fully saturated rings. The third-order valence-corrected chi connectivity index (χ3v) is 3.27. The molecule has 0 saturated heterocycles. The minimum atomic E-state index is -0.330. The summed E-state index contributed by atoms with van der Waals surface area (Å²) in [6.07, 6.45) is 1.55. The fraction of sp³-hybridized carbons (Fsp3) is 0.308. The van der Waals surface area contributed by atoms with Gasteiger partial charge in [0, 0.05) is 4.47 Å². The van der Waals surface area contributed by atoms with Gasteiger partial charge in [-0.25, -0.2) is 9.37 Å². The molecule has 2 aromatic rings. The summed E-state index contributed by atoms with van der Waals surface area (Å²) in [5, 5.41) is 3.19. The fourth-order valence-corrected chi connectivity index (χ4v) is 2.27.